The number of carbonyl (C=O) groups excluding carboxylic acids is 1. The van der Waals surface area contributed by atoms with Crippen molar-refractivity contribution in [2.75, 3.05) is 19.1 Å². The summed E-state index contributed by atoms with van der Waals surface area (Å²) in [7, 11) is -1.71. The second-order valence-corrected chi connectivity index (χ2v) is 6.73. The Morgan fingerprint density at radius 1 is 1.53 bits per heavy atom. The van der Waals surface area contributed by atoms with E-state index >= 15 is 0 Å². The maximum atomic E-state index is 11.4. The number of aryl methyl sites for hydroxylation is 1. The lowest BCUT2D eigenvalue weighted by Crippen LogP contribution is -2.32. The summed E-state index contributed by atoms with van der Waals surface area (Å²) in [5.41, 5.74) is 0.384. The van der Waals surface area contributed by atoms with Crippen molar-refractivity contribution >= 4 is 15.8 Å². The van der Waals surface area contributed by atoms with Gasteiger partial charge in [0.15, 0.2) is 0 Å². The van der Waals surface area contributed by atoms with Crippen LogP contribution in [-0.2, 0) is 21.1 Å². The largest absolute Gasteiger partial charge is 0.465 e. The van der Waals surface area contributed by atoms with Gasteiger partial charge >= 0.3 is 5.97 Å². The number of furan rings is 1. The van der Waals surface area contributed by atoms with Crippen molar-refractivity contribution in [3.8, 4) is 0 Å². The Morgan fingerprint density at radius 2 is 2.16 bits per heavy atom. The monoisotopic (exact) mass is 289 g/mol. The first-order valence-corrected chi connectivity index (χ1v) is 7.87. The lowest BCUT2D eigenvalue weighted by Gasteiger charge is -2.10. The van der Waals surface area contributed by atoms with Crippen molar-refractivity contribution in [2.24, 2.45) is 0 Å². The van der Waals surface area contributed by atoms with Crippen molar-refractivity contribution in [1.29, 1.82) is 0 Å². The van der Waals surface area contributed by atoms with Gasteiger partial charge in [0.2, 0.25) is 0 Å². The first-order chi connectivity index (χ1) is 8.73. The Bertz CT molecular complexity index is 546. The van der Waals surface area contributed by atoms with Crippen LogP contribution < -0.4 is 5.32 Å². The highest BCUT2D eigenvalue weighted by Crippen LogP contribution is 2.15. The Hall–Kier alpha value is -1.34. The second-order valence-electron chi connectivity index (χ2n) is 4.55. The highest BCUT2D eigenvalue weighted by atomic mass is 32.2. The molecule has 0 bridgehead atoms. The number of sulfone groups is 1. The van der Waals surface area contributed by atoms with Gasteiger partial charge in [-0.05, 0) is 19.9 Å². The van der Waals surface area contributed by atoms with Gasteiger partial charge in [0.05, 0.1) is 19.4 Å². The molecule has 1 aromatic rings. The van der Waals surface area contributed by atoms with Crippen molar-refractivity contribution < 1.29 is 22.4 Å². The normalized spacial score (nSPS) is 13.3. The summed E-state index contributed by atoms with van der Waals surface area (Å²) < 4.78 is 32.3. The fraction of sp³-hybridized carbons (Fsp3) is 0.583. The highest BCUT2D eigenvalue weighted by molar-refractivity contribution is 7.90. The smallest absolute Gasteiger partial charge is 0.341 e. The fourth-order valence-corrected chi connectivity index (χ4v) is 2.76. The van der Waals surface area contributed by atoms with E-state index in [2.05, 4.69) is 10.1 Å². The number of ether oxygens (including phenoxy) is 1. The first-order valence-electron chi connectivity index (χ1n) is 5.81. The topological polar surface area (TPSA) is 85.6 Å². The van der Waals surface area contributed by atoms with Crippen LogP contribution in [0.2, 0.25) is 0 Å². The van der Waals surface area contributed by atoms with Crippen molar-refractivity contribution in [2.45, 2.75) is 26.4 Å². The second kappa shape index (κ2) is 6.21. The number of methoxy groups -OCH3 is 1. The van der Waals surface area contributed by atoms with Crippen LogP contribution in [0.1, 0.15) is 28.8 Å². The zero-order valence-corrected chi connectivity index (χ0v) is 12.3. The molecule has 19 heavy (non-hydrogen) atoms. The minimum Gasteiger partial charge on any atom is -0.465 e. The summed E-state index contributed by atoms with van der Waals surface area (Å²) >= 11 is 0. The first kappa shape index (κ1) is 15.7. The molecule has 0 saturated heterocycles. The number of esters is 1. The van der Waals surface area contributed by atoms with Crippen LogP contribution in [0, 0.1) is 6.92 Å². The van der Waals surface area contributed by atoms with E-state index in [1.165, 1.54) is 13.4 Å². The van der Waals surface area contributed by atoms with Crippen LogP contribution in [-0.4, -0.2) is 39.5 Å². The van der Waals surface area contributed by atoms with Gasteiger partial charge in [0.1, 0.15) is 26.9 Å². The number of nitrogens with one attached hydrogen (secondary N) is 1. The Balaban J connectivity index is 2.62. The van der Waals surface area contributed by atoms with Crippen LogP contribution in [0.25, 0.3) is 0 Å². The molecule has 0 aliphatic carbocycles. The van der Waals surface area contributed by atoms with Crippen LogP contribution in [0.3, 0.4) is 0 Å². The minimum absolute atomic E-state index is 0.0521. The van der Waals surface area contributed by atoms with E-state index in [0.717, 1.165) is 0 Å². The maximum absolute atomic E-state index is 11.4. The van der Waals surface area contributed by atoms with Gasteiger partial charge in [-0.15, -0.1) is 0 Å². The molecule has 6 nitrogen and oxygen atoms in total. The van der Waals surface area contributed by atoms with E-state index in [0.29, 0.717) is 23.6 Å². The molecule has 0 aliphatic rings. The van der Waals surface area contributed by atoms with Gasteiger partial charge in [-0.3, -0.25) is 0 Å². The van der Waals surface area contributed by atoms with E-state index in [4.69, 9.17) is 4.42 Å². The molecular formula is C12H19NO5S. The van der Waals surface area contributed by atoms with Gasteiger partial charge in [-0.2, -0.15) is 0 Å². The molecular weight excluding hydrogens is 270 g/mol. The zero-order chi connectivity index (χ0) is 14.6. The molecule has 1 rings (SSSR count). The number of carbonyl (C=O) groups is 1. The highest BCUT2D eigenvalue weighted by Gasteiger charge is 2.16. The molecule has 1 atom stereocenters. The molecule has 1 heterocycles. The van der Waals surface area contributed by atoms with Gasteiger partial charge in [-0.1, -0.05) is 0 Å². The molecule has 0 aromatic carbocycles. The predicted octanol–water partition coefficient (Wildman–Crippen LogP) is 0.897. The molecule has 7 heteroatoms. The predicted molar refractivity (Wildman–Crippen MR) is 70.8 cm³/mol. The van der Waals surface area contributed by atoms with Crippen molar-refractivity contribution in [3.05, 3.63) is 23.2 Å². The van der Waals surface area contributed by atoms with E-state index in [1.807, 2.05) is 0 Å². The summed E-state index contributed by atoms with van der Waals surface area (Å²) in [4.78, 5) is 11.4. The molecule has 1 unspecified atom stereocenters. The van der Waals surface area contributed by atoms with Gasteiger partial charge in [0, 0.05) is 12.3 Å². The molecule has 108 valence electrons. The Morgan fingerprint density at radius 3 is 2.68 bits per heavy atom. The Labute approximate surface area is 113 Å². The lowest BCUT2D eigenvalue weighted by molar-refractivity contribution is 0.0599. The van der Waals surface area contributed by atoms with E-state index in [-0.39, 0.29) is 11.8 Å². The van der Waals surface area contributed by atoms with Gasteiger partial charge in [-0.25, -0.2) is 13.2 Å². The molecule has 0 radical (unpaired) electrons. The van der Waals surface area contributed by atoms with Gasteiger partial charge in [0.25, 0.3) is 0 Å². The summed E-state index contributed by atoms with van der Waals surface area (Å²) in [6.07, 6.45) is 1.19. The Kier molecular flexibility index (Phi) is 5.13. The van der Waals surface area contributed by atoms with Crippen LogP contribution in [0.4, 0.5) is 0 Å². The molecule has 1 N–H and O–H groups in total. The molecule has 0 saturated carbocycles. The SMILES string of the molecule is COC(=O)c1cc(CNC(C)CS(C)(=O)=O)oc1C. The van der Waals surface area contributed by atoms with E-state index in [9.17, 15) is 13.2 Å². The minimum atomic E-state index is -3.02. The molecule has 0 amide bonds. The number of rotatable bonds is 6. The molecule has 0 fully saturated rings. The van der Waals surface area contributed by atoms with E-state index < -0.39 is 15.8 Å². The van der Waals surface area contributed by atoms with Crippen LogP contribution >= 0.6 is 0 Å². The summed E-state index contributed by atoms with van der Waals surface area (Å²) in [5, 5.41) is 3.03. The van der Waals surface area contributed by atoms with Crippen LogP contribution in [0.5, 0.6) is 0 Å². The molecule has 0 spiro atoms. The summed E-state index contributed by atoms with van der Waals surface area (Å²) in [6, 6.07) is 1.41. The van der Waals surface area contributed by atoms with E-state index in [1.54, 1.807) is 19.9 Å². The third kappa shape index (κ3) is 5.04. The van der Waals surface area contributed by atoms with Crippen LogP contribution in [0.15, 0.2) is 10.5 Å². The molecule has 1 aromatic heterocycles. The van der Waals surface area contributed by atoms with Crippen molar-refractivity contribution in [1.82, 2.24) is 5.32 Å². The van der Waals surface area contributed by atoms with Crippen molar-refractivity contribution in [3.63, 3.8) is 0 Å². The standard InChI is InChI=1S/C12H19NO5S/c1-8(7-19(4,15)16)13-6-10-5-11(9(2)18-10)12(14)17-3/h5,8,13H,6-7H2,1-4H3. The number of hydrogen-bond donors (Lipinski definition) is 1. The third-order valence-corrected chi connectivity index (χ3v) is 3.66. The fourth-order valence-electron chi connectivity index (χ4n) is 1.73. The lowest BCUT2D eigenvalue weighted by atomic mass is 10.2. The summed E-state index contributed by atoms with van der Waals surface area (Å²) in [5.74, 6) is 0.658. The average Bonchev–Trinajstić information content (AvgIpc) is 2.65. The quantitative estimate of drug-likeness (QED) is 0.783. The number of hydrogen-bond acceptors (Lipinski definition) is 6. The molecule has 0 aliphatic heterocycles. The zero-order valence-electron chi connectivity index (χ0n) is 11.5. The maximum Gasteiger partial charge on any atom is 0.341 e. The summed E-state index contributed by atoms with van der Waals surface area (Å²) in [6.45, 7) is 3.81. The third-order valence-electron chi connectivity index (χ3n) is 2.55. The van der Waals surface area contributed by atoms with Gasteiger partial charge < -0.3 is 14.5 Å². The average molecular weight is 289 g/mol.